The van der Waals surface area contributed by atoms with E-state index in [1.165, 1.54) is 12.5 Å². The van der Waals surface area contributed by atoms with Crippen molar-refractivity contribution in [2.45, 2.75) is 40.0 Å². The predicted octanol–water partition coefficient (Wildman–Crippen LogP) is 4.50. The molecule has 25 heavy (non-hydrogen) atoms. The topological polar surface area (TPSA) is 49.4 Å². The second kappa shape index (κ2) is 8.47. The van der Waals surface area contributed by atoms with Crippen LogP contribution in [0.25, 0.3) is 0 Å². The first-order chi connectivity index (χ1) is 11.9. The van der Waals surface area contributed by atoms with E-state index in [4.69, 9.17) is 0 Å². The molecule has 0 unspecified atom stereocenters. The molecule has 0 bridgehead atoms. The van der Waals surface area contributed by atoms with Crippen molar-refractivity contribution in [3.8, 4) is 0 Å². The Morgan fingerprint density at radius 1 is 1.04 bits per heavy atom. The van der Waals surface area contributed by atoms with Gasteiger partial charge in [-0.15, -0.1) is 0 Å². The SMILES string of the molecule is CC(=O)N(CCC(=O)Nc1ccc(C(C)C)cc1)c1ccccc1C. The molecule has 0 aliphatic heterocycles. The van der Waals surface area contributed by atoms with Crippen LogP contribution in [0, 0.1) is 6.92 Å². The summed E-state index contributed by atoms with van der Waals surface area (Å²) in [6, 6.07) is 15.6. The second-order valence-corrected chi connectivity index (χ2v) is 6.53. The molecule has 1 N–H and O–H groups in total. The first-order valence-electron chi connectivity index (χ1n) is 8.62. The van der Waals surface area contributed by atoms with E-state index in [0.29, 0.717) is 12.5 Å². The Morgan fingerprint density at radius 2 is 1.68 bits per heavy atom. The van der Waals surface area contributed by atoms with Gasteiger partial charge in [0, 0.05) is 31.3 Å². The van der Waals surface area contributed by atoms with Gasteiger partial charge in [0.05, 0.1) is 0 Å². The zero-order chi connectivity index (χ0) is 18.4. The number of carbonyl (C=O) groups is 2. The maximum Gasteiger partial charge on any atom is 0.226 e. The first kappa shape index (κ1) is 18.7. The Kier molecular flexibility index (Phi) is 6.34. The highest BCUT2D eigenvalue weighted by molar-refractivity contribution is 5.95. The van der Waals surface area contributed by atoms with Gasteiger partial charge in [-0.3, -0.25) is 9.59 Å². The van der Waals surface area contributed by atoms with Crippen LogP contribution in [0.2, 0.25) is 0 Å². The van der Waals surface area contributed by atoms with Crippen LogP contribution in [-0.4, -0.2) is 18.4 Å². The lowest BCUT2D eigenvalue weighted by molar-refractivity contribution is -0.117. The molecule has 0 radical (unpaired) electrons. The average Bonchev–Trinajstić information content (AvgIpc) is 2.56. The molecule has 0 fully saturated rings. The summed E-state index contributed by atoms with van der Waals surface area (Å²) in [5.74, 6) is 0.295. The van der Waals surface area contributed by atoms with E-state index in [1.807, 2.05) is 55.5 Å². The molecule has 0 saturated carbocycles. The highest BCUT2D eigenvalue weighted by atomic mass is 16.2. The van der Waals surface area contributed by atoms with Crippen molar-refractivity contribution in [3.05, 3.63) is 59.7 Å². The number of rotatable bonds is 6. The molecule has 4 heteroatoms. The number of nitrogens with one attached hydrogen (secondary N) is 1. The molecular weight excluding hydrogens is 312 g/mol. The van der Waals surface area contributed by atoms with Crippen LogP contribution in [0.3, 0.4) is 0 Å². The molecular formula is C21H26N2O2. The van der Waals surface area contributed by atoms with Gasteiger partial charge in [-0.05, 0) is 42.2 Å². The van der Waals surface area contributed by atoms with E-state index in [1.54, 1.807) is 4.90 Å². The fourth-order valence-corrected chi connectivity index (χ4v) is 2.70. The molecule has 132 valence electrons. The van der Waals surface area contributed by atoms with Gasteiger partial charge in [-0.25, -0.2) is 0 Å². The number of hydrogen-bond donors (Lipinski definition) is 1. The van der Waals surface area contributed by atoms with Crippen molar-refractivity contribution < 1.29 is 9.59 Å². The van der Waals surface area contributed by atoms with Gasteiger partial charge >= 0.3 is 0 Å². The summed E-state index contributed by atoms with van der Waals surface area (Å²) in [5.41, 5.74) is 3.88. The highest BCUT2D eigenvalue weighted by Crippen LogP contribution is 2.20. The lowest BCUT2D eigenvalue weighted by atomic mass is 10.0. The van der Waals surface area contributed by atoms with Gasteiger partial charge in [-0.1, -0.05) is 44.2 Å². The van der Waals surface area contributed by atoms with Crippen molar-refractivity contribution in [1.29, 1.82) is 0 Å². The van der Waals surface area contributed by atoms with Crippen LogP contribution in [0.15, 0.2) is 48.5 Å². The van der Waals surface area contributed by atoms with E-state index in [0.717, 1.165) is 16.9 Å². The Morgan fingerprint density at radius 3 is 2.24 bits per heavy atom. The molecule has 2 amide bonds. The molecule has 2 aromatic rings. The summed E-state index contributed by atoms with van der Waals surface area (Å²) in [4.78, 5) is 25.8. The fraction of sp³-hybridized carbons (Fsp3) is 0.333. The van der Waals surface area contributed by atoms with Gasteiger partial charge in [0.1, 0.15) is 0 Å². The minimum Gasteiger partial charge on any atom is -0.326 e. The predicted molar refractivity (Wildman–Crippen MR) is 103 cm³/mol. The van der Waals surface area contributed by atoms with Crippen molar-refractivity contribution in [1.82, 2.24) is 0 Å². The van der Waals surface area contributed by atoms with Crippen LogP contribution in [0.4, 0.5) is 11.4 Å². The molecule has 2 aromatic carbocycles. The third-order valence-corrected chi connectivity index (χ3v) is 4.21. The zero-order valence-corrected chi connectivity index (χ0v) is 15.4. The minimum absolute atomic E-state index is 0.0663. The molecule has 0 aliphatic carbocycles. The summed E-state index contributed by atoms with van der Waals surface area (Å²) in [6.45, 7) is 8.11. The van der Waals surface area contributed by atoms with Gasteiger partial charge in [-0.2, -0.15) is 0 Å². The summed E-state index contributed by atoms with van der Waals surface area (Å²) >= 11 is 0. The molecule has 0 aromatic heterocycles. The molecule has 0 saturated heterocycles. The molecule has 0 aliphatic rings. The van der Waals surface area contributed by atoms with E-state index in [-0.39, 0.29) is 18.2 Å². The average molecular weight is 338 g/mol. The Bertz CT molecular complexity index is 736. The van der Waals surface area contributed by atoms with Gasteiger partial charge in [0.15, 0.2) is 0 Å². The van der Waals surface area contributed by atoms with Crippen LogP contribution >= 0.6 is 0 Å². The molecule has 4 nitrogen and oxygen atoms in total. The number of aryl methyl sites for hydroxylation is 1. The number of hydrogen-bond acceptors (Lipinski definition) is 2. The molecule has 2 rings (SSSR count). The van der Waals surface area contributed by atoms with Gasteiger partial charge in [0.2, 0.25) is 11.8 Å². The zero-order valence-electron chi connectivity index (χ0n) is 15.4. The number of benzene rings is 2. The summed E-state index contributed by atoms with van der Waals surface area (Å²) in [5, 5.41) is 2.89. The van der Waals surface area contributed by atoms with Crippen LogP contribution in [0.1, 0.15) is 44.2 Å². The quantitative estimate of drug-likeness (QED) is 0.843. The normalized spacial score (nSPS) is 10.6. The summed E-state index contributed by atoms with van der Waals surface area (Å²) < 4.78 is 0. The van der Waals surface area contributed by atoms with E-state index >= 15 is 0 Å². The van der Waals surface area contributed by atoms with Crippen molar-refractivity contribution in [2.75, 3.05) is 16.8 Å². The minimum atomic E-state index is -0.0999. The Labute approximate surface area is 149 Å². The van der Waals surface area contributed by atoms with Crippen LogP contribution < -0.4 is 10.2 Å². The van der Waals surface area contributed by atoms with E-state index in [9.17, 15) is 9.59 Å². The van der Waals surface area contributed by atoms with Crippen molar-refractivity contribution in [3.63, 3.8) is 0 Å². The van der Waals surface area contributed by atoms with Crippen LogP contribution in [-0.2, 0) is 9.59 Å². The van der Waals surface area contributed by atoms with E-state index in [2.05, 4.69) is 19.2 Å². The lowest BCUT2D eigenvalue weighted by Crippen LogP contribution is -2.32. The Hall–Kier alpha value is -2.62. The Balaban J connectivity index is 1.97. The number of anilines is 2. The summed E-state index contributed by atoms with van der Waals surface area (Å²) in [6.07, 6.45) is 0.250. The largest absolute Gasteiger partial charge is 0.326 e. The third-order valence-electron chi connectivity index (χ3n) is 4.21. The van der Waals surface area contributed by atoms with Crippen molar-refractivity contribution >= 4 is 23.2 Å². The third kappa shape index (κ3) is 5.18. The maximum absolute atomic E-state index is 12.2. The molecule has 0 spiro atoms. The maximum atomic E-state index is 12.2. The van der Waals surface area contributed by atoms with Crippen LogP contribution in [0.5, 0.6) is 0 Å². The number of carbonyl (C=O) groups excluding carboxylic acids is 2. The van der Waals surface area contributed by atoms with Crippen molar-refractivity contribution in [2.24, 2.45) is 0 Å². The smallest absolute Gasteiger partial charge is 0.226 e. The fourth-order valence-electron chi connectivity index (χ4n) is 2.70. The molecule has 0 heterocycles. The van der Waals surface area contributed by atoms with Gasteiger partial charge < -0.3 is 10.2 Å². The first-order valence-corrected chi connectivity index (χ1v) is 8.62. The number of para-hydroxylation sites is 1. The van der Waals surface area contributed by atoms with E-state index < -0.39 is 0 Å². The number of amides is 2. The molecule has 0 atom stereocenters. The number of nitrogens with zero attached hydrogens (tertiary/aromatic N) is 1. The summed E-state index contributed by atoms with van der Waals surface area (Å²) in [7, 11) is 0. The standard InChI is InChI=1S/C21H26N2O2/c1-15(2)18-9-11-19(12-10-18)22-21(25)13-14-23(17(4)24)20-8-6-5-7-16(20)3/h5-12,15H,13-14H2,1-4H3,(H,22,25). The highest BCUT2D eigenvalue weighted by Gasteiger charge is 2.15. The van der Waals surface area contributed by atoms with Gasteiger partial charge in [0.25, 0.3) is 0 Å². The second-order valence-electron chi connectivity index (χ2n) is 6.53. The lowest BCUT2D eigenvalue weighted by Gasteiger charge is -2.22. The monoisotopic (exact) mass is 338 g/mol.